The minimum Gasteiger partial charge on any atom is -0.507 e. The predicted octanol–water partition coefficient (Wildman–Crippen LogP) is 3.76. The van der Waals surface area contributed by atoms with Crippen molar-refractivity contribution in [3.8, 4) is 17.2 Å². The van der Waals surface area contributed by atoms with E-state index >= 15 is 0 Å². The fourth-order valence-corrected chi connectivity index (χ4v) is 3.94. The molecule has 0 saturated heterocycles. The average Bonchev–Trinajstić information content (AvgIpc) is 3.00. The molecule has 1 aliphatic rings. The molecule has 2 heterocycles. The number of carbonyl (C=O) groups is 2. The van der Waals surface area contributed by atoms with Crippen molar-refractivity contribution in [1.29, 1.82) is 0 Å². The molecular weight excluding hydrogens is 380 g/mol. The lowest BCUT2D eigenvalue weighted by molar-refractivity contribution is -0.118. The van der Waals surface area contributed by atoms with E-state index in [0.29, 0.717) is 5.13 Å². The van der Waals surface area contributed by atoms with E-state index in [-0.39, 0.29) is 47.5 Å². The van der Waals surface area contributed by atoms with Crippen LogP contribution in [0.3, 0.4) is 0 Å². The summed E-state index contributed by atoms with van der Waals surface area (Å²) in [5.74, 6) is -0.305. The van der Waals surface area contributed by atoms with Crippen LogP contribution in [-0.2, 0) is 4.79 Å². The summed E-state index contributed by atoms with van der Waals surface area (Å²) in [6.07, 6.45) is 0.179. The number of ether oxygens (including phenoxy) is 2. The van der Waals surface area contributed by atoms with Crippen molar-refractivity contribution < 1.29 is 24.2 Å². The molecule has 7 nitrogen and oxygen atoms in total. The molecule has 1 aromatic heterocycles. The van der Waals surface area contributed by atoms with Gasteiger partial charge in [0.15, 0.2) is 17.5 Å². The summed E-state index contributed by atoms with van der Waals surface area (Å²) in [5.41, 5.74) is 0.290. The van der Waals surface area contributed by atoms with Crippen LogP contribution in [0.25, 0.3) is 10.2 Å². The number of benzene rings is 2. The van der Waals surface area contributed by atoms with E-state index in [0.717, 1.165) is 10.2 Å². The highest BCUT2D eigenvalue weighted by Gasteiger charge is 2.35. The van der Waals surface area contributed by atoms with Crippen LogP contribution < -0.4 is 14.8 Å². The first kappa shape index (κ1) is 18.2. The SMILES string of the molecule is CC1(C)CC(=O)c2c(O)cc(OCC(=O)Nc3nc4ccccc4s3)cc2O1. The number of ketones is 1. The van der Waals surface area contributed by atoms with E-state index in [4.69, 9.17) is 9.47 Å². The van der Waals surface area contributed by atoms with Crippen molar-refractivity contribution in [3.05, 3.63) is 42.0 Å². The van der Waals surface area contributed by atoms with Crippen LogP contribution >= 0.6 is 11.3 Å². The molecule has 2 N–H and O–H groups in total. The molecule has 28 heavy (non-hydrogen) atoms. The Bertz CT molecular complexity index is 1060. The van der Waals surface area contributed by atoms with Gasteiger partial charge in [-0.3, -0.25) is 14.9 Å². The van der Waals surface area contributed by atoms with Crippen LogP contribution in [0.15, 0.2) is 36.4 Å². The molecule has 0 atom stereocenters. The minimum absolute atomic E-state index is 0.144. The highest BCUT2D eigenvalue weighted by atomic mass is 32.1. The quantitative estimate of drug-likeness (QED) is 0.694. The monoisotopic (exact) mass is 398 g/mol. The van der Waals surface area contributed by atoms with Gasteiger partial charge in [-0.1, -0.05) is 23.5 Å². The molecule has 4 rings (SSSR count). The third-order valence-corrected chi connectivity index (χ3v) is 5.17. The Morgan fingerprint density at radius 2 is 2.14 bits per heavy atom. The van der Waals surface area contributed by atoms with Gasteiger partial charge in [0.1, 0.15) is 28.4 Å². The maximum atomic E-state index is 12.2. The minimum atomic E-state index is -0.667. The molecule has 1 amide bonds. The number of rotatable bonds is 4. The zero-order chi connectivity index (χ0) is 19.9. The van der Waals surface area contributed by atoms with E-state index < -0.39 is 5.60 Å². The summed E-state index contributed by atoms with van der Waals surface area (Å²) < 4.78 is 12.2. The number of carbonyl (C=O) groups excluding carboxylic acids is 2. The molecule has 0 saturated carbocycles. The van der Waals surface area contributed by atoms with Crippen LogP contribution in [0, 0.1) is 0 Å². The summed E-state index contributed by atoms with van der Waals surface area (Å²) in [7, 11) is 0. The van der Waals surface area contributed by atoms with Crippen molar-refractivity contribution in [1.82, 2.24) is 4.98 Å². The first-order valence-electron chi connectivity index (χ1n) is 8.68. The Hall–Kier alpha value is -3.13. The van der Waals surface area contributed by atoms with Crippen LogP contribution in [0.4, 0.5) is 5.13 Å². The van der Waals surface area contributed by atoms with Gasteiger partial charge in [-0.2, -0.15) is 0 Å². The van der Waals surface area contributed by atoms with Crippen molar-refractivity contribution in [2.45, 2.75) is 25.9 Å². The number of phenols is 1. The highest BCUT2D eigenvalue weighted by molar-refractivity contribution is 7.22. The fraction of sp³-hybridized carbons (Fsp3) is 0.250. The number of fused-ring (bicyclic) bond motifs is 2. The largest absolute Gasteiger partial charge is 0.507 e. The van der Waals surface area contributed by atoms with Gasteiger partial charge < -0.3 is 14.6 Å². The maximum absolute atomic E-state index is 12.2. The number of nitrogens with one attached hydrogen (secondary N) is 1. The molecule has 144 valence electrons. The number of aromatic nitrogens is 1. The molecule has 0 fully saturated rings. The number of aromatic hydroxyl groups is 1. The number of hydrogen-bond donors (Lipinski definition) is 2. The van der Waals surface area contributed by atoms with Crippen LogP contribution in [-0.4, -0.2) is 34.0 Å². The second kappa shape index (κ2) is 6.79. The van der Waals surface area contributed by atoms with Crippen LogP contribution in [0.2, 0.25) is 0 Å². The standard InChI is InChI=1S/C20H18N2O5S/c1-20(2)9-14(24)18-13(23)7-11(8-15(18)27-20)26-10-17(25)22-19-21-12-5-3-4-6-16(12)28-19/h3-8,23H,9-10H2,1-2H3,(H,21,22,25). The number of thiazole rings is 1. The molecule has 2 aromatic carbocycles. The number of nitrogens with zero attached hydrogens (tertiary/aromatic N) is 1. The van der Waals surface area contributed by atoms with E-state index in [1.807, 2.05) is 24.3 Å². The smallest absolute Gasteiger partial charge is 0.264 e. The number of para-hydroxylation sites is 1. The molecular formula is C20H18N2O5S. The average molecular weight is 398 g/mol. The van der Waals surface area contributed by atoms with E-state index in [1.54, 1.807) is 13.8 Å². The second-order valence-corrected chi connectivity index (χ2v) is 8.13. The summed E-state index contributed by atoms with van der Waals surface area (Å²) in [6.45, 7) is 3.32. The van der Waals surface area contributed by atoms with E-state index in [9.17, 15) is 14.7 Å². The van der Waals surface area contributed by atoms with Gasteiger partial charge in [0.25, 0.3) is 5.91 Å². The lowest BCUT2D eigenvalue weighted by atomic mass is 9.92. The summed E-state index contributed by atoms with van der Waals surface area (Å²) >= 11 is 1.37. The Morgan fingerprint density at radius 1 is 1.36 bits per heavy atom. The Kier molecular flexibility index (Phi) is 4.43. The molecule has 0 aliphatic carbocycles. The molecule has 0 spiro atoms. The van der Waals surface area contributed by atoms with Gasteiger partial charge in [-0.25, -0.2) is 4.98 Å². The summed E-state index contributed by atoms with van der Waals surface area (Å²) in [5, 5.41) is 13.3. The van der Waals surface area contributed by atoms with Crippen molar-refractivity contribution >= 4 is 38.4 Å². The lowest BCUT2D eigenvalue weighted by Gasteiger charge is -2.32. The van der Waals surface area contributed by atoms with Gasteiger partial charge in [-0.15, -0.1) is 0 Å². The molecule has 1 aliphatic heterocycles. The van der Waals surface area contributed by atoms with Gasteiger partial charge in [0, 0.05) is 12.1 Å². The van der Waals surface area contributed by atoms with Crippen molar-refractivity contribution in [2.75, 3.05) is 11.9 Å². The van der Waals surface area contributed by atoms with E-state index in [1.165, 1.54) is 23.5 Å². The van der Waals surface area contributed by atoms with Crippen molar-refractivity contribution in [2.24, 2.45) is 0 Å². The lowest BCUT2D eigenvalue weighted by Crippen LogP contribution is -2.35. The van der Waals surface area contributed by atoms with Gasteiger partial charge in [-0.05, 0) is 26.0 Å². The first-order chi connectivity index (χ1) is 13.3. The van der Waals surface area contributed by atoms with Crippen molar-refractivity contribution in [3.63, 3.8) is 0 Å². The molecule has 0 unspecified atom stereocenters. The zero-order valence-corrected chi connectivity index (χ0v) is 16.1. The van der Waals surface area contributed by atoms with Gasteiger partial charge >= 0.3 is 0 Å². The third-order valence-electron chi connectivity index (χ3n) is 4.22. The van der Waals surface area contributed by atoms with Crippen LogP contribution in [0.5, 0.6) is 17.2 Å². The second-order valence-electron chi connectivity index (χ2n) is 7.10. The third kappa shape index (κ3) is 3.63. The summed E-state index contributed by atoms with van der Waals surface area (Å²) in [4.78, 5) is 28.7. The topological polar surface area (TPSA) is 97.8 Å². The first-order valence-corrected chi connectivity index (χ1v) is 9.50. The molecule has 3 aromatic rings. The predicted molar refractivity (Wildman–Crippen MR) is 106 cm³/mol. The molecule has 8 heteroatoms. The fourth-order valence-electron chi connectivity index (χ4n) is 3.06. The number of amides is 1. The maximum Gasteiger partial charge on any atom is 0.264 e. The number of anilines is 1. The Balaban J connectivity index is 1.45. The van der Waals surface area contributed by atoms with Gasteiger partial charge in [0.2, 0.25) is 0 Å². The summed E-state index contributed by atoms with van der Waals surface area (Å²) in [6, 6.07) is 10.4. The van der Waals surface area contributed by atoms with Crippen LogP contribution in [0.1, 0.15) is 30.6 Å². The number of hydrogen-bond acceptors (Lipinski definition) is 7. The van der Waals surface area contributed by atoms with Gasteiger partial charge in [0.05, 0.1) is 16.6 Å². The van der Waals surface area contributed by atoms with E-state index in [2.05, 4.69) is 10.3 Å². The molecule has 0 radical (unpaired) electrons. The number of Topliss-reactive ketones (excluding diaryl/α,β-unsaturated/α-hetero) is 1. The normalized spacial score (nSPS) is 15.0. The highest BCUT2D eigenvalue weighted by Crippen LogP contribution is 2.40. The Labute approximate surface area is 164 Å². The molecule has 0 bridgehead atoms. The number of phenolic OH excluding ortho intramolecular Hbond substituents is 1. The Morgan fingerprint density at radius 3 is 2.93 bits per heavy atom. The zero-order valence-electron chi connectivity index (χ0n) is 15.3.